The molecule has 0 unspecified atom stereocenters. The van der Waals surface area contributed by atoms with Gasteiger partial charge in [-0.1, -0.05) is 39.2 Å². The van der Waals surface area contributed by atoms with Gasteiger partial charge in [-0.05, 0) is 36.5 Å². The van der Waals surface area contributed by atoms with Gasteiger partial charge in [-0.25, -0.2) is 4.98 Å². The van der Waals surface area contributed by atoms with Gasteiger partial charge in [0.25, 0.3) is 0 Å². The SMILES string of the molecule is CC(C)Cn1c(C2CCCCC2)nc2cc(CN)ccc21. The molecule has 21 heavy (non-hydrogen) atoms. The summed E-state index contributed by atoms with van der Waals surface area (Å²) in [7, 11) is 0. The molecular formula is C18H27N3. The van der Waals surface area contributed by atoms with Gasteiger partial charge >= 0.3 is 0 Å². The molecule has 1 heterocycles. The summed E-state index contributed by atoms with van der Waals surface area (Å²) in [5.41, 5.74) is 9.35. The third-order valence-electron chi connectivity index (χ3n) is 4.60. The molecule has 0 atom stereocenters. The van der Waals surface area contributed by atoms with Crippen LogP contribution in [0.25, 0.3) is 11.0 Å². The lowest BCUT2D eigenvalue weighted by atomic mass is 9.88. The van der Waals surface area contributed by atoms with E-state index in [-0.39, 0.29) is 0 Å². The van der Waals surface area contributed by atoms with Crippen LogP contribution in [0.4, 0.5) is 0 Å². The molecule has 2 N–H and O–H groups in total. The Morgan fingerprint density at radius 3 is 2.67 bits per heavy atom. The summed E-state index contributed by atoms with van der Waals surface area (Å²) in [5.74, 6) is 2.60. The lowest BCUT2D eigenvalue weighted by Gasteiger charge is -2.23. The first kappa shape index (κ1) is 14.6. The van der Waals surface area contributed by atoms with Gasteiger partial charge in [0.05, 0.1) is 11.0 Å². The van der Waals surface area contributed by atoms with Gasteiger partial charge in [0.2, 0.25) is 0 Å². The van der Waals surface area contributed by atoms with Crippen LogP contribution in [-0.4, -0.2) is 9.55 Å². The van der Waals surface area contributed by atoms with Gasteiger partial charge in [0.15, 0.2) is 0 Å². The molecule has 3 rings (SSSR count). The molecule has 1 aliphatic rings. The maximum absolute atomic E-state index is 5.77. The lowest BCUT2D eigenvalue weighted by molar-refractivity contribution is 0.406. The van der Waals surface area contributed by atoms with Crippen LogP contribution in [0, 0.1) is 5.92 Å². The van der Waals surface area contributed by atoms with Crippen LogP contribution in [0.2, 0.25) is 0 Å². The molecule has 114 valence electrons. The molecule has 1 fully saturated rings. The Hall–Kier alpha value is -1.35. The Morgan fingerprint density at radius 2 is 2.00 bits per heavy atom. The average Bonchev–Trinajstić information content (AvgIpc) is 2.85. The van der Waals surface area contributed by atoms with Crippen molar-refractivity contribution in [3.05, 3.63) is 29.6 Å². The minimum atomic E-state index is 0.589. The van der Waals surface area contributed by atoms with Crippen LogP contribution in [0.5, 0.6) is 0 Å². The quantitative estimate of drug-likeness (QED) is 0.915. The van der Waals surface area contributed by atoms with Crippen molar-refractivity contribution in [1.82, 2.24) is 9.55 Å². The summed E-state index contributed by atoms with van der Waals surface area (Å²) >= 11 is 0. The molecule has 0 radical (unpaired) electrons. The Morgan fingerprint density at radius 1 is 1.24 bits per heavy atom. The number of nitrogens with two attached hydrogens (primary N) is 1. The molecule has 0 aliphatic heterocycles. The fourth-order valence-corrected chi connectivity index (χ4v) is 3.55. The molecule has 1 aromatic heterocycles. The van der Waals surface area contributed by atoms with E-state index in [0.29, 0.717) is 18.4 Å². The zero-order valence-electron chi connectivity index (χ0n) is 13.3. The van der Waals surface area contributed by atoms with Crippen molar-refractivity contribution in [1.29, 1.82) is 0 Å². The zero-order valence-corrected chi connectivity index (χ0v) is 13.3. The molecule has 3 heteroatoms. The predicted octanol–water partition coefficient (Wildman–Crippen LogP) is 4.20. The third kappa shape index (κ3) is 2.98. The van der Waals surface area contributed by atoms with Crippen molar-refractivity contribution in [3.63, 3.8) is 0 Å². The van der Waals surface area contributed by atoms with Crippen molar-refractivity contribution in [2.24, 2.45) is 11.7 Å². The first-order valence-corrected chi connectivity index (χ1v) is 8.38. The first-order chi connectivity index (χ1) is 10.2. The lowest BCUT2D eigenvalue weighted by Crippen LogP contribution is -2.14. The molecule has 1 aliphatic carbocycles. The van der Waals surface area contributed by atoms with E-state index >= 15 is 0 Å². The van der Waals surface area contributed by atoms with Crippen LogP contribution in [0.1, 0.15) is 63.3 Å². The molecule has 3 nitrogen and oxygen atoms in total. The van der Waals surface area contributed by atoms with Gasteiger partial charge in [-0.2, -0.15) is 0 Å². The number of imidazole rings is 1. The van der Waals surface area contributed by atoms with Gasteiger partial charge in [0, 0.05) is 19.0 Å². The third-order valence-corrected chi connectivity index (χ3v) is 4.60. The van der Waals surface area contributed by atoms with Crippen molar-refractivity contribution in [2.45, 2.75) is 65.0 Å². The standard InChI is InChI=1S/C18H27N3/c1-13(2)12-21-17-9-8-14(11-19)10-16(17)20-18(21)15-6-4-3-5-7-15/h8-10,13,15H,3-7,11-12,19H2,1-2H3. The number of fused-ring (bicyclic) bond motifs is 1. The largest absolute Gasteiger partial charge is 0.327 e. The second-order valence-electron chi connectivity index (χ2n) is 6.84. The number of hydrogen-bond acceptors (Lipinski definition) is 2. The molecule has 0 spiro atoms. The fourth-order valence-electron chi connectivity index (χ4n) is 3.55. The molecule has 0 amide bonds. The highest BCUT2D eigenvalue weighted by atomic mass is 15.1. The van der Waals surface area contributed by atoms with Gasteiger partial charge in [-0.3, -0.25) is 0 Å². The van der Waals surface area contributed by atoms with Crippen molar-refractivity contribution >= 4 is 11.0 Å². The van der Waals surface area contributed by atoms with E-state index < -0.39 is 0 Å². The summed E-state index contributed by atoms with van der Waals surface area (Å²) in [5, 5.41) is 0. The molecule has 0 bridgehead atoms. The molecule has 1 saturated carbocycles. The summed E-state index contributed by atoms with van der Waals surface area (Å²) in [6.07, 6.45) is 6.68. The second-order valence-corrected chi connectivity index (χ2v) is 6.84. The smallest absolute Gasteiger partial charge is 0.112 e. The van der Waals surface area contributed by atoms with E-state index in [4.69, 9.17) is 10.7 Å². The molecule has 2 aromatic rings. The van der Waals surface area contributed by atoms with E-state index in [1.54, 1.807) is 0 Å². The Balaban J connectivity index is 2.07. The van der Waals surface area contributed by atoms with Crippen LogP contribution in [0.15, 0.2) is 18.2 Å². The van der Waals surface area contributed by atoms with E-state index in [1.807, 2.05) is 0 Å². The van der Waals surface area contributed by atoms with Crippen molar-refractivity contribution in [3.8, 4) is 0 Å². The van der Waals surface area contributed by atoms with Gasteiger partial charge < -0.3 is 10.3 Å². The molecular weight excluding hydrogens is 258 g/mol. The van der Waals surface area contributed by atoms with Crippen molar-refractivity contribution < 1.29 is 0 Å². The summed E-state index contributed by atoms with van der Waals surface area (Å²) < 4.78 is 2.47. The summed E-state index contributed by atoms with van der Waals surface area (Å²) in [6, 6.07) is 6.52. The highest BCUT2D eigenvalue weighted by Gasteiger charge is 2.22. The average molecular weight is 285 g/mol. The Labute approximate surface area is 127 Å². The van der Waals surface area contributed by atoms with Crippen molar-refractivity contribution in [2.75, 3.05) is 0 Å². The zero-order chi connectivity index (χ0) is 14.8. The van der Waals surface area contributed by atoms with E-state index in [0.717, 1.165) is 12.1 Å². The number of benzene rings is 1. The minimum Gasteiger partial charge on any atom is -0.327 e. The van der Waals surface area contributed by atoms with E-state index in [1.165, 1.54) is 49.0 Å². The van der Waals surface area contributed by atoms with Gasteiger partial charge in [-0.15, -0.1) is 0 Å². The van der Waals surface area contributed by atoms with E-state index in [9.17, 15) is 0 Å². The minimum absolute atomic E-state index is 0.589. The van der Waals surface area contributed by atoms with Crippen LogP contribution in [0.3, 0.4) is 0 Å². The first-order valence-electron chi connectivity index (χ1n) is 8.38. The molecule has 1 aromatic carbocycles. The second kappa shape index (κ2) is 6.18. The van der Waals surface area contributed by atoms with Gasteiger partial charge in [0.1, 0.15) is 5.82 Å². The highest BCUT2D eigenvalue weighted by molar-refractivity contribution is 5.77. The predicted molar refractivity (Wildman–Crippen MR) is 88.3 cm³/mol. The Bertz CT molecular complexity index is 606. The normalized spacial score (nSPS) is 17.0. The Kier molecular flexibility index (Phi) is 4.29. The van der Waals surface area contributed by atoms with Crippen LogP contribution < -0.4 is 5.73 Å². The number of aromatic nitrogens is 2. The fraction of sp³-hybridized carbons (Fsp3) is 0.611. The molecule has 0 saturated heterocycles. The topological polar surface area (TPSA) is 43.8 Å². The summed E-state index contributed by atoms with van der Waals surface area (Å²) in [4.78, 5) is 5.01. The number of rotatable bonds is 4. The van der Waals surface area contributed by atoms with Crippen LogP contribution in [-0.2, 0) is 13.1 Å². The number of nitrogens with zero attached hydrogens (tertiary/aromatic N) is 2. The van der Waals surface area contributed by atoms with Crippen LogP contribution >= 0.6 is 0 Å². The maximum atomic E-state index is 5.77. The maximum Gasteiger partial charge on any atom is 0.112 e. The monoisotopic (exact) mass is 285 g/mol. The highest BCUT2D eigenvalue weighted by Crippen LogP contribution is 2.34. The summed E-state index contributed by atoms with van der Waals surface area (Å²) in [6.45, 7) is 6.21. The van der Waals surface area contributed by atoms with E-state index in [2.05, 4.69) is 36.6 Å². The number of hydrogen-bond donors (Lipinski definition) is 1.